The quantitative estimate of drug-likeness (QED) is 0.738. The molecule has 2 aromatic carbocycles. The second kappa shape index (κ2) is 9.70. The van der Waals surface area contributed by atoms with Crippen molar-refractivity contribution in [3.8, 4) is 0 Å². The minimum absolute atomic E-state index is 0.192. The van der Waals surface area contributed by atoms with Gasteiger partial charge in [-0.15, -0.1) is 0 Å². The van der Waals surface area contributed by atoms with E-state index in [1.54, 1.807) is 29.2 Å². The van der Waals surface area contributed by atoms with Crippen molar-refractivity contribution >= 4 is 27.4 Å². The van der Waals surface area contributed by atoms with Crippen LogP contribution in [0, 0.1) is 13.8 Å². The van der Waals surface area contributed by atoms with Crippen LogP contribution in [0.25, 0.3) is 0 Å². The Bertz CT molecular complexity index is 1010. The Balaban J connectivity index is 1.66. The van der Waals surface area contributed by atoms with Crippen molar-refractivity contribution in [2.45, 2.75) is 32.6 Å². The maximum Gasteiger partial charge on any atom is 0.321 e. The van der Waals surface area contributed by atoms with Crippen LogP contribution >= 0.6 is 0 Å². The van der Waals surface area contributed by atoms with Crippen LogP contribution in [0.3, 0.4) is 0 Å². The molecular weight excluding hydrogens is 412 g/mol. The molecule has 2 aromatic rings. The lowest BCUT2D eigenvalue weighted by molar-refractivity contribution is 0.217. The van der Waals surface area contributed by atoms with Crippen molar-refractivity contribution in [1.82, 2.24) is 9.21 Å². The van der Waals surface area contributed by atoms with Crippen LogP contribution in [0.4, 0.5) is 16.2 Å². The van der Waals surface area contributed by atoms with Crippen LogP contribution in [0.2, 0.25) is 0 Å². The molecule has 1 saturated heterocycles. The summed E-state index contributed by atoms with van der Waals surface area (Å²) < 4.78 is 27.7. The van der Waals surface area contributed by atoms with E-state index in [1.165, 1.54) is 21.1 Å². The van der Waals surface area contributed by atoms with Gasteiger partial charge in [-0.25, -0.2) is 13.2 Å². The number of amides is 2. The van der Waals surface area contributed by atoms with Crippen molar-refractivity contribution in [2.75, 3.05) is 49.5 Å². The van der Waals surface area contributed by atoms with Gasteiger partial charge in [0.2, 0.25) is 10.0 Å². The van der Waals surface area contributed by atoms with E-state index in [0.29, 0.717) is 45.0 Å². The highest BCUT2D eigenvalue weighted by Gasteiger charge is 2.29. The lowest BCUT2D eigenvalue weighted by atomic mass is 10.1. The lowest BCUT2D eigenvalue weighted by Gasteiger charge is -2.36. The fourth-order valence-electron chi connectivity index (χ4n) is 3.82. The number of hydrogen-bond acceptors (Lipinski definition) is 4. The first-order valence-corrected chi connectivity index (χ1v) is 12.2. The van der Waals surface area contributed by atoms with Gasteiger partial charge in [0.1, 0.15) is 0 Å². The zero-order chi connectivity index (χ0) is 22.6. The Morgan fingerprint density at radius 2 is 1.58 bits per heavy atom. The number of carbonyl (C=O) groups is 1. The van der Waals surface area contributed by atoms with Crippen molar-refractivity contribution in [1.29, 1.82) is 0 Å². The number of rotatable bonds is 6. The third-order valence-electron chi connectivity index (χ3n) is 5.95. The summed E-state index contributed by atoms with van der Waals surface area (Å²) in [7, 11) is -3.57. The smallest absolute Gasteiger partial charge is 0.321 e. The van der Waals surface area contributed by atoms with Gasteiger partial charge in [0.25, 0.3) is 0 Å². The minimum atomic E-state index is -3.57. The van der Waals surface area contributed by atoms with E-state index in [1.807, 2.05) is 19.9 Å². The zero-order valence-electron chi connectivity index (χ0n) is 18.8. The molecule has 31 heavy (non-hydrogen) atoms. The van der Waals surface area contributed by atoms with Crippen LogP contribution < -0.4 is 10.2 Å². The summed E-state index contributed by atoms with van der Waals surface area (Å²) in [6.07, 6.45) is 0. The maximum atomic E-state index is 13.1. The predicted octanol–water partition coefficient (Wildman–Crippen LogP) is 3.69. The first kappa shape index (κ1) is 23.1. The first-order chi connectivity index (χ1) is 14.8. The van der Waals surface area contributed by atoms with Crippen molar-refractivity contribution < 1.29 is 13.2 Å². The number of hydrogen-bond donors (Lipinski definition) is 1. The first-order valence-electron chi connectivity index (χ1n) is 10.7. The number of benzene rings is 2. The number of nitrogens with zero attached hydrogens (tertiary/aromatic N) is 3. The summed E-state index contributed by atoms with van der Waals surface area (Å²) in [6.45, 7) is 11.4. The zero-order valence-corrected chi connectivity index (χ0v) is 19.6. The van der Waals surface area contributed by atoms with Gasteiger partial charge in [-0.1, -0.05) is 12.1 Å². The molecule has 0 bridgehead atoms. The third-order valence-corrected chi connectivity index (χ3v) is 7.86. The number of sulfonamides is 1. The summed E-state index contributed by atoms with van der Waals surface area (Å²) in [6, 6.07) is 12.4. The predicted molar refractivity (Wildman–Crippen MR) is 125 cm³/mol. The summed E-state index contributed by atoms with van der Waals surface area (Å²) in [4.78, 5) is 16.3. The van der Waals surface area contributed by atoms with E-state index < -0.39 is 10.0 Å². The molecular formula is C23H32N4O3S. The minimum Gasteiger partial charge on any atom is -0.369 e. The standard InChI is InChI=1S/C23H32N4O3S/c1-5-25(6-2)23(28)24-20-10-12-21(13-11-20)31(29,30)27-16-14-26(15-17-27)22-9-7-8-18(3)19(22)4/h7-13H,5-6,14-17H2,1-4H3,(H,24,28). The Morgan fingerprint density at radius 1 is 0.968 bits per heavy atom. The molecule has 2 amide bonds. The monoisotopic (exact) mass is 444 g/mol. The van der Waals surface area contributed by atoms with Crippen LogP contribution in [0.5, 0.6) is 0 Å². The van der Waals surface area contributed by atoms with Gasteiger partial charge in [-0.05, 0) is 69.2 Å². The molecule has 1 aliphatic heterocycles. The number of anilines is 2. The highest BCUT2D eigenvalue weighted by Crippen LogP contribution is 2.26. The second-order valence-corrected chi connectivity index (χ2v) is 9.67. The Kier molecular flexibility index (Phi) is 7.23. The topological polar surface area (TPSA) is 73.0 Å². The van der Waals surface area contributed by atoms with E-state index in [9.17, 15) is 13.2 Å². The summed E-state index contributed by atoms with van der Waals surface area (Å²) in [5.74, 6) is 0. The third kappa shape index (κ3) is 5.02. The van der Waals surface area contributed by atoms with Crippen LogP contribution in [-0.2, 0) is 10.0 Å². The molecule has 1 N–H and O–H groups in total. The fourth-order valence-corrected chi connectivity index (χ4v) is 5.24. The molecule has 3 rings (SSSR count). The summed E-state index contributed by atoms with van der Waals surface area (Å²) >= 11 is 0. The molecule has 0 aromatic heterocycles. The Labute approximate surface area is 185 Å². The van der Waals surface area contributed by atoms with Crippen molar-refractivity contribution in [3.63, 3.8) is 0 Å². The number of piperazine rings is 1. The molecule has 0 atom stereocenters. The van der Waals surface area contributed by atoms with Gasteiger partial charge in [0.05, 0.1) is 4.90 Å². The average Bonchev–Trinajstić information content (AvgIpc) is 2.77. The van der Waals surface area contributed by atoms with Gasteiger partial charge in [-0.2, -0.15) is 4.31 Å². The van der Waals surface area contributed by atoms with E-state index in [-0.39, 0.29) is 10.9 Å². The number of nitrogens with one attached hydrogen (secondary N) is 1. The molecule has 0 radical (unpaired) electrons. The molecule has 0 spiro atoms. The van der Waals surface area contributed by atoms with Crippen LogP contribution in [0.1, 0.15) is 25.0 Å². The number of carbonyl (C=O) groups excluding carboxylic acids is 1. The molecule has 1 fully saturated rings. The molecule has 0 saturated carbocycles. The summed E-state index contributed by atoms with van der Waals surface area (Å²) in [5.41, 5.74) is 4.22. The largest absolute Gasteiger partial charge is 0.369 e. The molecule has 8 heteroatoms. The Morgan fingerprint density at radius 3 is 2.16 bits per heavy atom. The SMILES string of the molecule is CCN(CC)C(=O)Nc1ccc(S(=O)(=O)N2CCN(c3cccc(C)c3C)CC2)cc1. The van der Waals surface area contributed by atoms with Gasteiger partial charge in [0.15, 0.2) is 0 Å². The summed E-state index contributed by atoms with van der Waals surface area (Å²) in [5, 5.41) is 2.81. The van der Waals surface area contributed by atoms with Crippen LogP contribution in [0.15, 0.2) is 47.4 Å². The normalized spacial score (nSPS) is 15.0. The van der Waals surface area contributed by atoms with E-state index in [4.69, 9.17) is 0 Å². The second-order valence-electron chi connectivity index (χ2n) is 7.74. The van der Waals surface area contributed by atoms with Crippen LogP contribution in [-0.4, -0.2) is 62.9 Å². The molecule has 0 aliphatic carbocycles. The maximum absolute atomic E-state index is 13.1. The lowest BCUT2D eigenvalue weighted by Crippen LogP contribution is -2.48. The highest BCUT2D eigenvalue weighted by atomic mass is 32.2. The molecule has 1 heterocycles. The van der Waals surface area contributed by atoms with E-state index >= 15 is 0 Å². The Hall–Kier alpha value is -2.58. The molecule has 168 valence electrons. The van der Waals surface area contributed by atoms with Crippen molar-refractivity contribution in [3.05, 3.63) is 53.6 Å². The van der Waals surface area contributed by atoms with Crippen molar-refractivity contribution in [2.24, 2.45) is 0 Å². The van der Waals surface area contributed by atoms with Gasteiger partial charge in [0, 0.05) is 50.6 Å². The van der Waals surface area contributed by atoms with E-state index in [2.05, 4.69) is 36.2 Å². The molecule has 1 aliphatic rings. The number of aryl methyl sites for hydroxylation is 1. The molecule has 0 unspecified atom stereocenters. The number of urea groups is 1. The average molecular weight is 445 g/mol. The van der Waals surface area contributed by atoms with Gasteiger partial charge >= 0.3 is 6.03 Å². The van der Waals surface area contributed by atoms with Gasteiger partial charge in [-0.3, -0.25) is 0 Å². The highest BCUT2D eigenvalue weighted by molar-refractivity contribution is 7.89. The molecule has 7 nitrogen and oxygen atoms in total. The van der Waals surface area contributed by atoms with E-state index in [0.717, 1.165) is 0 Å². The fraction of sp³-hybridized carbons (Fsp3) is 0.435. The van der Waals surface area contributed by atoms with Gasteiger partial charge < -0.3 is 15.1 Å².